The van der Waals surface area contributed by atoms with Crippen LogP contribution >= 0.6 is 0 Å². The van der Waals surface area contributed by atoms with Gasteiger partial charge < -0.3 is 14.8 Å². The molecule has 0 saturated carbocycles. The Morgan fingerprint density at radius 3 is 3.06 bits per heavy atom. The summed E-state index contributed by atoms with van der Waals surface area (Å²) in [4.78, 5) is 0. The molecule has 0 saturated heterocycles. The fraction of sp³-hybridized carbons (Fsp3) is 0.538. The third-order valence-corrected chi connectivity index (χ3v) is 2.82. The molecule has 0 aromatic heterocycles. The predicted octanol–water partition coefficient (Wildman–Crippen LogP) is 1.78. The standard InChI is InChI=1S/C13H19NO2/c1-3-15-12-9-11-5-7-16-13(11)8-10(12)4-6-14-2/h8-9,14H,3-7H2,1-2H3. The van der Waals surface area contributed by atoms with Gasteiger partial charge in [-0.3, -0.25) is 0 Å². The van der Waals surface area contributed by atoms with Crippen molar-refractivity contribution in [2.45, 2.75) is 19.8 Å². The zero-order valence-electron chi connectivity index (χ0n) is 10.0. The van der Waals surface area contributed by atoms with Crippen LogP contribution in [0.4, 0.5) is 0 Å². The number of ether oxygens (including phenoxy) is 2. The molecule has 0 radical (unpaired) electrons. The molecule has 0 amide bonds. The van der Waals surface area contributed by atoms with Crippen molar-refractivity contribution in [2.75, 3.05) is 26.8 Å². The Labute approximate surface area is 96.8 Å². The maximum absolute atomic E-state index is 5.68. The van der Waals surface area contributed by atoms with Gasteiger partial charge >= 0.3 is 0 Å². The highest BCUT2D eigenvalue weighted by Crippen LogP contribution is 2.33. The summed E-state index contributed by atoms with van der Waals surface area (Å²) < 4.78 is 11.3. The molecule has 1 aliphatic heterocycles. The van der Waals surface area contributed by atoms with E-state index < -0.39 is 0 Å². The first-order valence-electron chi connectivity index (χ1n) is 5.91. The van der Waals surface area contributed by atoms with Crippen molar-refractivity contribution in [3.8, 4) is 11.5 Å². The van der Waals surface area contributed by atoms with Crippen LogP contribution in [0.25, 0.3) is 0 Å². The molecule has 0 bridgehead atoms. The highest BCUT2D eigenvalue weighted by Gasteiger charge is 2.16. The van der Waals surface area contributed by atoms with Crippen LogP contribution in [0.5, 0.6) is 11.5 Å². The van der Waals surface area contributed by atoms with E-state index in [1.807, 2.05) is 14.0 Å². The van der Waals surface area contributed by atoms with Crippen molar-refractivity contribution in [1.82, 2.24) is 5.32 Å². The largest absolute Gasteiger partial charge is 0.494 e. The number of rotatable bonds is 5. The molecule has 3 heteroatoms. The summed E-state index contributed by atoms with van der Waals surface area (Å²) in [6.07, 6.45) is 1.98. The summed E-state index contributed by atoms with van der Waals surface area (Å²) in [6.45, 7) is 4.49. The van der Waals surface area contributed by atoms with Crippen molar-refractivity contribution in [2.24, 2.45) is 0 Å². The lowest BCUT2D eigenvalue weighted by atomic mass is 10.1. The van der Waals surface area contributed by atoms with Crippen LogP contribution in [0.1, 0.15) is 18.1 Å². The van der Waals surface area contributed by atoms with Gasteiger partial charge in [0.25, 0.3) is 0 Å². The van der Waals surface area contributed by atoms with Gasteiger partial charge in [0, 0.05) is 12.0 Å². The first-order chi connectivity index (χ1) is 7.85. The Hall–Kier alpha value is -1.22. The third-order valence-electron chi connectivity index (χ3n) is 2.82. The van der Waals surface area contributed by atoms with E-state index in [1.54, 1.807) is 0 Å². The quantitative estimate of drug-likeness (QED) is 0.822. The molecule has 0 atom stereocenters. The molecule has 88 valence electrons. The fourth-order valence-electron chi connectivity index (χ4n) is 1.99. The lowest BCUT2D eigenvalue weighted by molar-refractivity contribution is 0.334. The second kappa shape index (κ2) is 5.21. The van der Waals surface area contributed by atoms with Gasteiger partial charge in [-0.15, -0.1) is 0 Å². The molecule has 0 aliphatic carbocycles. The highest BCUT2D eigenvalue weighted by molar-refractivity contribution is 5.48. The molecule has 3 nitrogen and oxygen atoms in total. The summed E-state index contributed by atoms with van der Waals surface area (Å²) in [5.41, 5.74) is 2.51. The van der Waals surface area contributed by atoms with Gasteiger partial charge in [-0.2, -0.15) is 0 Å². The number of hydrogen-bond acceptors (Lipinski definition) is 3. The van der Waals surface area contributed by atoms with E-state index in [-0.39, 0.29) is 0 Å². The van der Waals surface area contributed by atoms with E-state index in [2.05, 4.69) is 17.4 Å². The molecule has 1 heterocycles. The Kier molecular flexibility index (Phi) is 3.67. The first-order valence-corrected chi connectivity index (χ1v) is 5.91. The van der Waals surface area contributed by atoms with Crippen molar-refractivity contribution >= 4 is 0 Å². The molecule has 1 aliphatic rings. The van der Waals surface area contributed by atoms with E-state index in [1.165, 1.54) is 11.1 Å². The fourth-order valence-corrected chi connectivity index (χ4v) is 1.99. The second-order valence-corrected chi connectivity index (χ2v) is 3.95. The van der Waals surface area contributed by atoms with Crippen LogP contribution in [0.2, 0.25) is 0 Å². The maximum atomic E-state index is 5.68. The Morgan fingerprint density at radius 2 is 2.31 bits per heavy atom. The summed E-state index contributed by atoms with van der Waals surface area (Å²) in [5.74, 6) is 2.05. The number of fused-ring (bicyclic) bond motifs is 1. The van der Waals surface area contributed by atoms with Gasteiger partial charge in [-0.1, -0.05) is 0 Å². The van der Waals surface area contributed by atoms with Crippen LogP contribution < -0.4 is 14.8 Å². The van der Waals surface area contributed by atoms with E-state index >= 15 is 0 Å². The Morgan fingerprint density at radius 1 is 1.44 bits per heavy atom. The lowest BCUT2D eigenvalue weighted by Crippen LogP contribution is -2.11. The molecule has 0 fully saturated rings. The molecule has 0 spiro atoms. The molecular weight excluding hydrogens is 202 g/mol. The number of nitrogens with one attached hydrogen (secondary N) is 1. The molecule has 1 aromatic carbocycles. The molecule has 2 rings (SSSR count). The SMILES string of the molecule is CCOc1cc2c(cc1CCNC)OCC2. The Bertz CT molecular complexity index is 363. The minimum atomic E-state index is 0.714. The molecule has 0 unspecified atom stereocenters. The van der Waals surface area contributed by atoms with Gasteiger partial charge in [-0.05, 0) is 44.6 Å². The van der Waals surface area contributed by atoms with E-state index in [0.29, 0.717) is 6.61 Å². The molecule has 1 aromatic rings. The second-order valence-electron chi connectivity index (χ2n) is 3.95. The first kappa shape index (κ1) is 11.3. The van der Waals surface area contributed by atoms with E-state index in [4.69, 9.17) is 9.47 Å². The van der Waals surface area contributed by atoms with Crippen molar-refractivity contribution in [1.29, 1.82) is 0 Å². The van der Waals surface area contributed by atoms with Gasteiger partial charge in [-0.25, -0.2) is 0 Å². The minimum absolute atomic E-state index is 0.714. The number of likely N-dealkylation sites (N-methyl/N-ethyl adjacent to an activating group) is 1. The lowest BCUT2D eigenvalue weighted by Gasteiger charge is -2.12. The molecule has 16 heavy (non-hydrogen) atoms. The van der Waals surface area contributed by atoms with Crippen molar-refractivity contribution in [3.63, 3.8) is 0 Å². The molecule has 1 N–H and O–H groups in total. The molecular formula is C13H19NO2. The monoisotopic (exact) mass is 221 g/mol. The highest BCUT2D eigenvalue weighted by atomic mass is 16.5. The van der Waals surface area contributed by atoms with Crippen LogP contribution in [0.3, 0.4) is 0 Å². The van der Waals surface area contributed by atoms with Crippen molar-refractivity contribution < 1.29 is 9.47 Å². The van der Waals surface area contributed by atoms with Crippen LogP contribution in [0.15, 0.2) is 12.1 Å². The maximum Gasteiger partial charge on any atom is 0.123 e. The van der Waals surface area contributed by atoms with E-state index in [9.17, 15) is 0 Å². The third kappa shape index (κ3) is 2.30. The average Bonchev–Trinajstić information content (AvgIpc) is 2.73. The van der Waals surface area contributed by atoms with Crippen LogP contribution in [0, 0.1) is 0 Å². The minimum Gasteiger partial charge on any atom is -0.494 e. The van der Waals surface area contributed by atoms with E-state index in [0.717, 1.165) is 37.5 Å². The average molecular weight is 221 g/mol. The zero-order valence-corrected chi connectivity index (χ0v) is 10.0. The van der Waals surface area contributed by atoms with Crippen LogP contribution in [-0.2, 0) is 12.8 Å². The predicted molar refractivity (Wildman–Crippen MR) is 64.4 cm³/mol. The summed E-state index contributed by atoms with van der Waals surface area (Å²) in [6, 6.07) is 4.27. The van der Waals surface area contributed by atoms with Gasteiger partial charge in [0.05, 0.1) is 13.2 Å². The van der Waals surface area contributed by atoms with Crippen LogP contribution in [-0.4, -0.2) is 26.8 Å². The normalized spacial score (nSPS) is 13.4. The van der Waals surface area contributed by atoms with Crippen molar-refractivity contribution in [3.05, 3.63) is 23.3 Å². The van der Waals surface area contributed by atoms with Gasteiger partial charge in [0.2, 0.25) is 0 Å². The zero-order chi connectivity index (χ0) is 11.4. The van der Waals surface area contributed by atoms with Gasteiger partial charge in [0.1, 0.15) is 11.5 Å². The summed E-state index contributed by atoms with van der Waals surface area (Å²) >= 11 is 0. The summed E-state index contributed by atoms with van der Waals surface area (Å²) in [5, 5.41) is 3.16. The summed E-state index contributed by atoms with van der Waals surface area (Å²) in [7, 11) is 1.96. The number of benzene rings is 1. The number of hydrogen-bond donors (Lipinski definition) is 1. The smallest absolute Gasteiger partial charge is 0.123 e. The van der Waals surface area contributed by atoms with Gasteiger partial charge in [0.15, 0.2) is 0 Å². The topological polar surface area (TPSA) is 30.5 Å². The Balaban J connectivity index is 2.25.